The fraction of sp³-hybridized carbons (Fsp3) is 0.538. The molecule has 1 fully saturated rings. The van der Waals surface area contributed by atoms with Gasteiger partial charge in [0.25, 0.3) is 0 Å². The maximum Gasteiger partial charge on any atom is 0.222 e. The molecule has 0 saturated carbocycles. The number of hydrogen-bond acceptors (Lipinski definition) is 4. The summed E-state index contributed by atoms with van der Waals surface area (Å²) < 4.78 is 0. The van der Waals surface area contributed by atoms with Crippen molar-refractivity contribution >= 4 is 23.3 Å². The molecule has 0 bridgehead atoms. The van der Waals surface area contributed by atoms with Gasteiger partial charge in [-0.2, -0.15) is 0 Å². The van der Waals surface area contributed by atoms with Gasteiger partial charge in [0, 0.05) is 13.0 Å². The Bertz CT molecular complexity index is 466. The molecule has 6 heteroatoms. The average Bonchev–Trinajstić information content (AvgIpc) is 2.56. The van der Waals surface area contributed by atoms with Crippen LogP contribution in [0.25, 0.3) is 0 Å². The zero-order valence-electron chi connectivity index (χ0n) is 11.0. The van der Waals surface area contributed by atoms with Crippen LogP contribution >= 0.6 is 11.6 Å². The lowest BCUT2D eigenvalue weighted by atomic mass is 10.0. The Morgan fingerprint density at radius 2 is 2.32 bits per heavy atom. The first-order chi connectivity index (χ1) is 9.10. The van der Waals surface area contributed by atoms with Gasteiger partial charge >= 0.3 is 0 Å². The molecule has 0 aliphatic carbocycles. The number of nitrogen functional groups attached to an aromatic ring is 1. The van der Waals surface area contributed by atoms with Crippen molar-refractivity contribution in [2.75, 3.05) is 12.0 Å². The Kier molecular flexibility index (Phi) is 4.61. The average molecular weight is 283 g/mol. The van der Waals surface area contributed by atoms with Crippen LogP contribution in [0.5, 0.6) is 0 Å². The smallest absolute Gasteiger partial charge is 0.222 e. The largest absolute Gasteiger partial charge is 0.337 e. The molecule has 3 N–H and O–H groups in total. The SMILES string of the molecule is CC1CCC(=O)N(Cc2nc(NN)ccc2Cl)CC1. The summed E-state index contributed by atoms with van der Waals surface area (Å²) in [5.41, 5.74) is 3.17. The van der Waals surface area contributed by atoms with E-state index in [9.17, 15) is 4.79 Å². The Morgan fingerprint density at radius 1 is 1.53 bits per heavy atom. The lowest BCUT2D eigenvalue weighted by molar-refractivity contribution is -0.131. The van der Waals surface area contributed by atoms with Gasteiger partial charge in [-0.15, -0.1) is 0 Å². The van der Waals surface area contributed by atoms with Crippen molar-refractivity contribution in [1.82, 2.24) is 9.88 Å². The minimum absolute atomic E-state index is 0.174. The van der Waals surface area contributed by atoms with Gasteiger partial charge in [-0.1, -0.05) is 18.5 Å². The molecule has 1 unspecified atom stereocenters. The highest BCUT2D eigenvalue weighted by molar-refractivity contribution is 6.31. The number of rotatable bonds is 3. The molecule has 1 aromatic heterocycles. The van der Waals surface area contributed by atoms with Gasteiger partial charge in [-0.25, -0.2) is 10.8 Å². The number of anilines is 1. The van der Waals surface area contributed by atoms with Crippen molar-refractivity contribution in [3.63, 3.8) is 0 Å². The molecular formula is C13H19ClN4O. The predicted octanol–water partition coefficient (Wildman–Crippen LogP) is 2.17. The van der Waals surface area contributed by atoms with E-state index < -0.39 is 0 Å². The number of halogens is 1. The molecule has 1 atom stereocenters. The Morgan fingerprint density at radius 3 is 3.05 bits per heavy atom. The van der Waals surface area contributed by atoms with Gasteiger partial charge in [-0.3, -0.25) is 4.79 Å². The first-order valence-corrected chi connectivity index (χ1v) is 6.87. The van der Waals surface area contributed by atoms with Gasteiger partial charge in [0.05, 0.1) is 17.3 Å². The molecule has 2 rings (SSSR count). The molecule has 5 nitrogen and oxygen atoms in total. The highest BCUT2D eigenvalue weighted by Gasteiger charge is 2.21. The van der Waals surface area contributed by atoms with Crippen LogP contribution in [0.4, 0.5) is 5.82 Å². The van der Waals surface area contributed by atoms with E-state index in [1.807, 2.05) is 4.90 Å². The van der Waals surface area contributed by atoms with Crippen LogP contribution in [0.1, 0.15) is 31.9 Å². The molecule has 1 aromatic rings. The Labute approximate surface area is 118 Å². The normalized spacial score (nSPS) is 20.3. The molecule has 19 heavy (non-hydrogen) atoms. The predicted molar refractivity (Wildman–Crippen MR) is 75.5 cm³/mol. The molecule has 1 aliphatic heterocycles. The second-order valence-corrected chi connectivity index (χ2v) is 5.42. The van der Waals surface area contributed by atoms with Crippen molar-refractivity contribution in [1.29, 1.82) is 0 Å². The third kappa shape index (κ3) is 3.58. The molecule has 0 radical (unpaired) electrons. The number of nitrogens with one attached hydrogen (secondary N) is 1. The molecule has 1 aliphatic rings. The Hall–Kier alpha value is -1.33. The number of aromatic nitrogens is 1. The number of pyridine rings is 1. The molecule has 1 saturated heterocycles. The molecule has 104 valence electrons. The maximum absolute atomic E-state index is 12.0. The fourth-order valence-corrected chi connectivity index (χ4v) is 2.36. The fourth-order valence-electron chi connectivity index (χ4n) is 2.20. The minimum atomic E-state index is 0.174. The number of carbonyl (C=O) groups is 1. The monoisotopic (exact) mass is 282 g/mol. The van der Waals surface area contributed by atoms with Gasteiger partial charge in [0.1, 0.15) is 5.82 Å². The third-order valence-corrected chi connectivity index (χ3v) is 3.85. The minimum Gasteiger partial charge on any atom is -0.337 e. The van der Waals surface area contributed by atoms with E-state index in [0.29, 0.717) is 35.4 Å². The van der Waals surface area contributed by atoms with E-state index >= 15 is 0 Å². The summed E-state index contributed by atoms with van der Waals surface area (Å²) in [5.74, 6) is 6.65. The van der Waals surface area contributed by atoms with Crippen LogP contribution in [0.3, 0.4) is 0 Å². The number of hydrogen-bond donors (Lipinski definition) is 2. The highest BCUT2D eigenvalue weighted by Crippen LogP contribution is 2.22. The van der Waals surface area contributed by atoms with Crippen molar-refractivity contribution in [2.24, 2.45) is 11.8 Å². The molecule has 2 heterocycles. The summed E-state index contributed by atoms with van der Waals surface area (Å²) in [6.07, 6.45) is 2.59. The first-order valence-electron chi connectivity index (χ1n) is 6.50. The highest BCUT2D eigenvalue weighted by atomic mass is 35.5. The summed E-state index contributed by atoms with van der Waals surface area (Å²) in [5, 5.41) is 0.559. The van der Waals surface area contributed by atoms with E-state index in [4.69, 9.17) is 17.4 Å². The molecule has 1 amide bonds. The lowest BCUT2D eigenvalue weighted by Gasteiger charge is -2.21. The van der Waals surface area contributed by atoms with Crippen molar-refractivity contribution in [3.05, 3.63) is 22.8 Å². The second kappa shape index (κ2) is 6.21. The van der Waals surface area contributed by atoms with E-state index in [-0.39, 0.29) is 5.91 Å². The molecule has 0 aromatic carbocycles. The van der Waals surface area contributed by atoms with Crippen LogP contribution in [-0.4, -0.2) is 22.3 Å². The topological polar surface area (TPSA) is 71.2 Å². The van der Waals surface area contributed by atoms with Crippen LogP contribution in [0.15, 0.2) is 12.1 Å². The van der Waals surface area contributed by atoms with Crippen LogP contribution < -0.4 is 11.3 Å². The maximum atomic E-state index is 12.0. The van der Waals surface area contributed by atoms with E-state index in [1.54, 1.807) is 12.1 Å². The number of hydrazine groups is 1. The zero-order valence-corrected chi connectivity index (χ0v) is 11.8. The van der Waals surface area contributed by atoms with Crippen LogP contribution in [0, 0.1) is 5.92 Å². The van der Waals surface area contributed by atoms with Gasteiger partial charge in [0.2, 0.25) is 5.91 Å². The van der Waals surface area contributed by atoms with E-state index in [1.165, 1.54) is 0 Å². The lowest BCUT2D eigenvalue weighted by Crippen LogP contribution is -2.30. The number of nitrogens with zero attached hydrogens (tertiary/aromatic N) is 2. The first kappa shape index (κ1) is 14.1. The van der Waals surface area contributed by atoms with Crippen molar-refractivity contribution in [3.8, 4) is 0 Å². The van der Waals surface area contributed by atoms with Crippen molar-refractivity contribution < 1.29 is 4.79 Å². The second-order valence-electron chi connectivity index (χ2n) is 5.02. The third-order valence-electron chi connectivity index (χ3n) is 3.50. The summed E-state index contributed by atoms with van der Waals surface area (Å²) >= 11 is 6.12. The standard InChI is InChI=1S/C13H19ClN4O/c1-9-2-5-13(19)18(7-6-9)8-11-10(14)3-4-12(16-11)17-15/h3-4,9H,2,5-8,15H2,1H3,(H,16,17). The van der Waals surface area contributed by atoms with Crippen molar-refractivity contribution in [2.45, 2.75) is 32.7 Å². The molecule has 0 spiro atoms. The molecular weight excluding hydrogens is 264 g/mol. The van der Waals surface area contributed by atoms with Gasteiger partial charge < -0.3 is 10.3 Å². The van der Waals surface area contributed by atoms with Gasteiger partial charge in [-0.05, 0) is 30.9 Å². The summed E-state index contributed by atoms with van der Waals surface area (Å²) in [4.78, 5) is 18.2. The summed E-state index contributed by atoms with van der Waals surface area (Å²) in [6.45, 7) is 3.39. The number of amides is 1. The van der Waals surface area contributed by atoms with Gasteiger partial charge in [0.15, 0.2) is 0 Å². The zero-order chi connectivity index (χ0) is 13.8. The number of carbonyl (C=O) groups excluding carboxylic acids is 1. The quantitative estimate of drug-likeness (QED) is 0.658. The van der Waals surface area contributed by atoms with Crippen LogP contribution in [0.2, 0.25) is 5.02 Å². The summed E-state index contributed by atoms with van der Waals surface area (Å²) in [6, 6.07) is 3.45. The number of nitrogens with two attached hydrogens (primary N) is 1. The Balaban J connectivity index is 2.13. The summed E-state index contributed by atoms with van der Waals surface area (Å²) in [7, 11) is 0. The number of likely N-dealkylation sites (tertiary alicyclic amines) is 1. The van der Waals surface area contributed by atoms with E-state index in [0.717, 1.165) is 19.4 Å². The van der Waals surface area contributed by atoms with E-state index in [2.05, 4.69) is 17.3 Å². The van der Waals surface area contributed by atoms with Crippen LogP contribution in [-0.2, 0) is 11.3 Å².